The van der Waals surface area contributed by atoms with Gasteiger partial charge in [0.25, 0.3) is 0 Å². The van der Waals surface area contributed by atoms with E-state index in [9.17, 15) is 9.59 Å². The maximum absolute atomic E-state index is 12.7. The molecule has 0 radical (unpaired) electrons. The van der Waals surface area contributed by atoms with Gasteiger partial charge in [-0.05, 0) is 31.2 Å². The molecule has 2 fully saturated rings. The number of nitrogens with zero attached hydrogens (tertiary/aromatic N) is 2. The van der Waals surface area contributed by atoms with E-state index in [1.807, 2.05) is 11.0 Å². The van der Waals surface area contributed by atoms with Crippen LogP contribution in [0, 0.1) is 0 Å². The van der Waals surface area contributed by atoms with Crippen LogP contribution >= 0.6 is 11.3 Å². The third-order valence-corrected chi connectivity index (χ3v) is 5.22. The molecule has 4 nitrogen and oxygen atoms in total. The molecule has 2 saturated heterocycles. The van der Waals surface area contributed by atoms with Gasteiger partial charge in [0.05, 0.1) is 0 Å². The minimum atomic E-state index is -0.198. The minimum Gasteiger partial charge on any atom is -0.337 e. The zero-order valence-corrected chi connectivity index (χ0v) is 12.6. The van der Waals surface area contributed by atoms with Gasteiger partial charge in [-0.25, -0.2) is 0 Å². The molecule has 0 aliphatic carbocycles. The first-order valence-electron chi connectivity index (χ1n) is 7.29. The Balaban J connectivity index is 1.75. The highest BCUT2D eigenvalue weighted by Gasteiger charge is 2.40. The smallest absolute Gasteiger partial charge is 0.245 e. The van der Waals surface area contributed by atoms with Gasteiger partial charge in [0.1, 0.15) is 6.04 Å². The highest BCUT2D eigenvalue weighted by molar-refractivity contribution is 7.09. The molecular formula is C15H20N2O2S. The summed E-state index contributed by atoms with van der Waals surface area (Å²) in [5.74, 6) is 0.295. The van der Waals surface area contributed by atoms with Crippen LogP contribution in [0.1, 0.15) is 31.1 Å². The number of rotatable bonds is 3. The lowest BCUT2D eigenvalue weighted by Gasteiger charge is -2.30. The summed E-state index contributed by atoms with van der Waals surface area (Å²) in [4.78, 5) is 29.8. The van der Waals surface area contributed by atoms with Gasteiger partial charge in [-0.1, -0.05) is 6.07 Å². The minimum absolute atomic E-state index is 0.145. The summed E-state index contributed by atoms with van der Waals surface area (Å²) in [5.41, 5.74) is 0. The van der Waals surface area contributed by atoms with E-state index in [0.29, 0.717) is 13.0 Å². The van der Waals surface area contributed by atoms with Gasteiger partial charge in [-0.15, -0.1) is 11.3 Å². The molecule has 5 heteroatoms. The number of hydrogen-bond acceptors (Lipinski definition) is 3. The fraction of sp³-hybridized carbons (Fsp3) is 0.600. The van der Waals surface area contributed by atoms with Crippen LogP contribution in [-0.2, 0) is 16.0 Å². The number of thiophene rings is 1. The number of carbonyl (C=O) groups is 2. The van der Waals surface area contributed by atoms with Gasteiger partial charge in [0, 0.05) is 36.9 Å². The van der Waals surface area contributed by atoms with E-state index in [1.165, 1.54) is 4.88 Å². The summed E-state index contributed by atoms with van der Waals surface area (Å²) in [6.45, 7) is 3.41. The van der Waals surface area contributed by atoms with Gasteiger partial charge in [0.2, 0.25) is 11.8 Å². The van der Waals surface area contributed by atoms with Crippen molar-refractivity contribution in [3.8, 4) is 0 Å². The van der Waals surface area contributed by atoms with E-state index in [0.717, 1.165) is 25.8 Å². The fourth-order valence-corrected chi connectivity index (χ4v) is 4.08. The Labute approximate surface area is 123 Å². The molecule has 1 aromatic heterocycles. The Morgan fingerprint density at radius 2 is 2.25 bits per heavy atom. The average molecular weight is 292 g/mol. The molecular weight excluding hydrogens is 272 g/mol. The summed E-state index contributed by atoms with van der Waals surface area (Å²) < 4.78 is 0. The molecule has 2 amide bonds. The largest absolute Gasteiger partial charge is 0.337 e. The Morgan fingerprint density at radius 3 is 3.00 bits per heavy atom. The van der Waals surface area contributed by atoms with E-state index in [-0.39, 0.29) is 23.9 Å². The van der Waals surface area contributed by atoms with E-state index >= 15 is 0 Å². The maximum Gasteiger partial charge on any atom is 0.245 e. The zero-order valence-electron chi connectivity index (χ0n) is 11.7. The number of amides is 2. The molecule has 0 spiro atoms. The van der Waals surface area contributed by atoms with Crippen LogP contribution in [0.5, 0.6) is 0 Å². The first-order chi connectivity index (χ1) is 9.66. The molecule has 0 aromatic carbocycles. The predicted octanol–water partition coefficient (Wildman–Crippen LogP) is 1.90. The average Bonchev–Trinajstić information content (AvgIpc) is 3.06. The topological polar surface area (TPSA) is 40.6 Å². The van der Waals surface area contributed by atoms with Crippen molar-refractivity contribution in [1.29, 1.82) is 0 Å². The summed E-state index contributed by atoms with van der Waals surface area (Å²) in [6, 6.07) is 4.11. The number of carbonyl (C=O) groups excluding carboxylic acids is 2. The predicted molar refractivity (Wildman–Crippen MR) is 78.6 cm³/mol. The summed E-state index contributed by atoms with van der Waals surface area (Å²) in [7, 11) is 0. The van der Waals surface area contributed by atoms with Crippen LogP contribution in [0.2, 0.25) is 0 Å². The van der Waals surface area contributed by atoms with Gasteiger partial charge in [0.15, 0.2) is 0 Å². The molecule has 2 atom stereocenters. The summed E-state index contributed by atoms with van der Waals surface area (Å²) in [5, 5.41) is 2.06. The van der Waals surface area contributed by atoms with Gasteiger partial charge in [-0.3, -0.25) is 9.59 Å². The van der Waals surface area contributed by atoms with Gasteiger partial charge in [-0.2, -0.15) is 0 Å². The van der Waals surface area contributed by atoms with Crippen LogP contribution in [0.3, 0.4) is 0 Å². The molecule has 2 aliphatic heterocycles. The number of hydrogen-bond donors (Lipinski definition) is 0. The van der Waals surface area contributed by atoms with E-state index in [2.05, 4.69) is 18.4 Å². The normalized spacial score (nSPS) is 24.8. The van der Waals surface area contributed by atoms with Crippen LogP contribution in [0.4, 0.5) is 0 Å². The molecule has 2 aliphatic rings. The molecule has 20 heavy (non-hydrogen) atoms. The van der Waals surface area contributed by atoms with Crippen molar-refractivity contribution in [3.63, 3.8) is 0 Å². The first kappa shape index (κ1) is 13.6. The zero-order chi connectivity index (χ0) is 14.1. The first-order valence-corrected chi connectivity index (χ1v) is 8.17. The van der Waals surface area contributed by atoms with E-state index in [4.69, 9.17) is 0 Å². The SMILES string of the molecule is CC(Cc1cccs1)N1CCC(=O)N2CCCC2C1=O. The quantitative estimate of drug-likeness (QED) is 0.854. The van der Waals surface area contributed by atoms with Crippen molar-refractivity contribution in [1.82, 2.24) is 9.80 Å². The van der Waals surface area contributed by atoms with E-state index in [1.54, 1.807) is 16.2 Å². The third kappa shape index (κ3) is 2.46. The van der Waals surface area contributed by atoms with Gasteiger partial charge < -0.3 is 9.80 Å². The molecule has 2 unspecified atom stereocenters. The number of fused-ring (bicyclic) bond motifs is 1. The second-order valence-electron chi connectivity index (χ2n) is 5.66. The molecule has 3 rings (SSSR count). The lowest BCUT2D eigenvalue weighted by Crippen LogP contribution is -2.47. The molecule has 0 bridgehead atoms. The van der Waals surface area contributed by atoms with Crippen LogP contribution in [-0.4, -0.2) is 46.8 Å². The van der Waals surface area contributed by atoms with Crippen molar-refractivity contribution in [2.45, 2.75) is 44.7 Å². The molecule has 3 heterocycles. The lowest BCUT2D eigenvalue weighted by atomic mass is 10.1. The monoisotopic (exact) mass is 292 g/mol. The standard InChI is InChI=1S/C15H20N2O2S/c1-11(10-12-4-3-9-20-12)16-8-6-14(18)17-7-2-5-13(17)15(16)19/h3-4,9,11,13H,2,5-8,10H2,1H3. The van der Waals surface area contributed by atoms with Crippen molar-refractivity contribution >= 4 is 23.2 Å². The molecule has 108 valence electrons. The van der Waals surface area contributed by atoms with E-state index < -0.39 is 0 Å². The lowest BCUT2D eigenvalue weighted by molar-refractivity contribution is -0.140. The van der Waals surface area contributed by atoms with Gasteiger partial charge >= 0.3 is 0 Å². The maximum atomic E-state index is 12.7. The Kier molecular flexibility index (Phi) is 3.78. The van der Waals surface area contributed by atoms with Crippen LogP contribution in [0.15, 0.2) is 17.5 Å². The summed E-state index contributed by atoms with van der Waals surface area (Å²) >= 11 is 1.73. The van der Waals surface area contributed by atoms with Crippen molar-refractivity contribution in [2.24, 2.45) is 0 Å². The van der Waals surface area contributed by atoms with Crippen LogP contribution in [0.25, 0.3) is 0 Å². The van der Waals surface area contributed by atoms with Crippen molar-refractivity contribution in [3.05, 3.63) is 22.4 Å². The fourth-order valence-electron chi connectivity index (χ4n) is 3.25. The molecule has 0 saturated carbocycles. The van der Waals surface area contributed by atoms with Crippen molar-refractivity contribution < 1.29 is 9.59 Å². The third-order valence-electron chi connectivity index (χ3n) is 4.32. The second-order valence-corrected chi connectivity index (χ2v) is 6.69. The highest BCUT2D eigenvalue weighted by Crippen LogP contribution is 2.25. The Bertz CT molecular complexity index is 500. The Morgan fingerprint density at radius 1 is 1.40 bits per heavy atom. The van der Waals surface area contributed by atoms with Crippen LogP contribution < -0.4 is 0 Å². The Hall–Kier alpha value is -1.36. The molecule has 0 N–H and O–H groups in total. The summed E-state index contributed by atoms with van der Waals surface area (Å²) in [6.07, 6.45) is 3.13. The molecule has 1 aromatic rings. The second kappa shape index (κ2) is 5.56. The van der Waals surface area contributed by atoms with Crippen molar-refractivity contribution in [2.75, 3.05) is 13.1 Å². The highest BCUT2D eigenvalue weighted by atomic mass is 32.1.